The highest BCUT2D eigenvalue weighted by atomic mass is 14.9. The second-order valence-electron chi connectivity index (χ2n) is 6.06. The molecule has 1 aliphatic rings. The third-order valence-electron chi connectivity index (χ3n) is 4.31. The SMILES string of the molecule is CC1NC=CC=C1c1nc(-c2ccccc2)cc(-c2ccccc2)n1. The van der Waals surface area contributed by atoms with Crippen molar-refractivity contribution in [2.24, 2.45) is 0 Å². The molecular weight excluding hydrogens is 306 g/mol. The molecule has 0 radical (unpaired) electrons. The zero-order valence-electron chi connectivity index (χ0n) is 14.1. The van der Waals surface area contributed by atoms with Crippen LogP contribution in [0, 0.1) is 0 Å². The van der Waals surface area contributed by atoms with Crippen LogP contribution in [0.3, 0.4) is 0 Å². The third kappa shape index (κ3) is 3.22. The lowest BCUT2D eigenvalue weighted by atomic mass is 10.0. The molecule has 3 aromatic rings. The first-order valence-corrected chi connectivity index (χ1v) is 8.44. The second kappa shape index (κ2) is 6.73. The monoisotopic (exact) mass is 325 g/mol. The normalized spacial score (nSPS) is 16.2. The van der Waals surface area contributed by atoms with Gasteiger partial charge in [0, 0.05) is 16.7 Å². The number of allylic oxidation sites excluding steroid dienone is 2. The number of hydrogen-bond donors (Lipinski definition) is 1. The van der Waals surface area contributed by atoms with Crippen LogP contribution in [0.4, 0.5) is 0 Å². The third-order valence-corrected chi connectivity index (χ3v) is 4.31. The van der Waals surface area contributed by atoms with Gasteiger partial charge in [0.2, 0.25) is 0 Å². The van der Waals surface area contributed by atoms with Gasteiger partial charge in [-0.05, 0) is 25.3 Å². The van der Waals surface area contributed by atoms with Crippen molar-refractivity contribution >= 4 is 5.57 Å². The quantitative estimate of drug-likeness (QED) is 0.758. The Hall–Kier alpha value is -3.20. The summed E-state index contributed by atoms with van der Waals surface area (Å²) in [6.45, 7) is 2.12. The van der Waals surface area contributed by atoms with Crippen molar-refractivity contribution in [2.75, 3.05) is 0 Å². The van der Waals surface area contributed by atoms with Gasteiger partial charge in [-0.25, -0.2) is 9.97 Å². The fourth-order valence-electron chi connectivity index (χ4n) is 2.94. The van der Waals surface area contributed by atoms with E-state index in [9.17, 15) is 0 Å². The summed E-state index contributed by atoms with van der Waals surface area (Å²) in [4.78, 5) is 9.70. The minimum absolute atomic E-state index is 0.180. The maximum absolute atomic E-state index is 4.85. The number of rotatable bonds is 3. The topological polar surface area (TPSA) is 37.8 Å². The Kier molecular flexibility index (Phi) is 4.13. The molecule has 1 unspecified atom stereocenters. The molecule has 4 rings (SSSR count). The first-order chi connectivity index (χ1) is 12.3. The Morgan fingerprint density at radius 2 is 1.36 bits per heavy atom. The van der Waals surface area contributed by atoms with E-state index in [2.05, 4.69) is 48.6 Å². The summed E-state index contributed by atoms with van der Waals surface area (Å²) >= 11 is 0. The van der Waals surface area contributed by atoms with Gasteiger partial charge >= 0.3 is 0 Å². The first-order valence-electron chi connectivity index (χ1n) is 8.44. The van der Waals surface area contributed by atoms with Crippen LogP contribution in [0.5, 0.6) is 0 Å². The molecule has 3 nitrogen and oxygen atoms in total. The molecular formula is C22H19N3. The molecule has 3 heteroatoms. The summed E-state index contributed by atoms with van der Waals surface area (Å²) in [7, 11) is 0. The van der Waals surface area contributed by atoms with Crippen LogP contribution in [-0.2, 0) is 0 Å². The molecule has 0 saturated heterocycles. The minimum atomic E-state index is 0.180. The Morgan fingerprint density at radius 3 is 1.88 bits per heavy atom. The largest absolute Gasteiger partial charge is 0.384 e. The van der Waals surface area contributed by atoms with Crippen LogP contribution in [0.1, 0.15) is 12.7 Å². The highest BCUT2D eigenvalue weighted by Crippen LogP contribution is 2.27. The molecule has 0 amide bonds. The van der Waals surface area contributed by atoms with E-state index < -0.39 is 0 Å². The molecule has 25 heavy (non-hydrogen) atoms. The Bertz CT molecular complexity index is 870. The summed E-state index contributed by atoms with van der Waals surface area (Å²) in [6, 6.07) is 22.7. The lowest BCUT2D eigenvalue weighted by Crippen LogP contribution is -2.25. The number of nitrogens with zero attached hydrogens (tertiary/aromatic N) is 2. The van der Waals surface area contributed by atoms with Crippen LogP contribution < -0.4 is 5.32 Å². The standard InChI is InChI=1S/C22H19N3/c1-16-19(13-8-14-23-16)22-24-20(17-9-4-2-5-10-17)15-21(25-22)18-11-6-3-7-12-18/h2-16,23H,1H3. The fraction of sp³-hybridized carbons (Fsp3) is 0.0909. The van der Waals surface area contributed by atoms with Gasteiger partial charge in [-0.2, -0.15) is 0 Å². The zero-order chi connectivity index (χ0) is 17.1. The van der Waals surface area contributed by atoms with Crippen LogP contribution in [0.25, 0.3) is 28.1 Å². The number of aromatic nitrogens is 2. The maximum atomic E-state index is 4.85. The van der Waals surface area contributed by atoms with E-state index in [0.29, 0.717) is 0 Å². The fourth-order valence-corrected chi connectivity index (χ4v) is 2.94. The van der Waals surface area contributed by atoms with E-state index in [1.54, 1.807) is 0 Å². The lowest BCUT2D eigenvalue weighted by molar-refractivity contribution is 0.770. The Balaban J connectivity index is 1.89. The summed E-state index contributed by atoms with van der Waals surface area (Å²) in [6.07, 6.45) is 6.03. The molecule has 0 saturated carbocycles. The maximum Gasteiger partial charge on any atom is 0.158 e. The molecule has 0 spiro atoms. The summed E-state index contributed by atoms with van der Waals surface area (Å²) in [5, 5.41) is 3.32. The van der Waals surface area contributed by atoms with Crippen molar-refractivity contribution in [1.82, 2.24) is 15.3 Å². The molecule has 0 bridgehead atoms. The van der Waals surface area contributed by atoms with Crippen LogP contribution in [-0.4, -0.2) is 16.0 Å². The Labute approximate surface area is 147 Å². The number of hydrogen-bond acceptors (Lipinski definition) is 3. The molecule has 122 valence electrons. The second-order valence-corrected chi connectivity index (χ2v) is 6.06. The average Bonchev–Trinajstić information content (AvgIpc) is 2.69. The highest BCUT2D eigenvalue weighted by Gasteiger charge is 2.17. The zero-order valence-corrected chi connectivity index (χ0v) is 14.1. The van der Waals surface area contributed by atoms with Gasteiger partial charge in [0.1, 0.15) is 0 Å². The minimum Gasteiger partial charge on any atom is -0.384 e. The smallest absolute Gasteiger partial charge is 0.158 e. The van der Waals surface area contributed by atoms with Crippen molar-refractivity contribution in [2.45, 2.75) is 13.0 Å². The van der Waals surface area contributed by atoms with Gasteiger partial charge in [0.15, 0.2) is 5.82 Å². The number of dihydropyridines is 1. The molecule has 0 aliphatic carbocycles. The van der Waals surface area contributed by atoms with Crippen LogP contribution >= 0.6 is 0 Å². The average molecular weight is 325 g/mol. The van der Waals surface area contributed by atoms with Gasteiger partial charge in [-0.3, -0.25) is 0 Å². The Morgan fingerprint density at radius 1 is 0.800 bits per heavy atom. The van der Waals surface area contributed by atoms with Crippen LogP contribution in [0.15, 0.2) is 85.1 Å². The molecule has 1 aromatic heterocycles. The van der Waals surface area contributed by atoms with E-state index in [1.807, 2.05) is 48.7 Å². The molecule has 2 heterocycles. The molecule has 1 N–H and O–H groups in total. The number of benzene rings is 2. The van der Waals surface area contributed by atoms with Crippen molar-refractivity contribution in [1.29, 1.82) is 0 Å². The molecule has 2 aromatic carbocycles. The van der Waals surface area contributed by atoms with Crippen molar-refractivity contribution in [3.05, 3.63) is 90.9 Å². The highest BCUT2D eigenvalue weighted by molar-refractivity contribution is 5.74. The van der Waals surface area contributed by atoms with Gasteiger partial charge in [0.25, 0.3) is 0 Å². The van der Waals surface area contributed by atoms with Crippen molar-refractivity contribution < 1.29 is 0 Å². The van der Waals surface area contributed by atoms with Gasteiger partial charge in [-0.1, -0.05) is 66.7 Å². The van der Waals surface area contributed by atoms with Crippen molar-refractivity contribution in [3.63, 3.8) is 0 Å². The van der Waals surface area contributed by atoms with Gasteiger partial charge < -0.3 is 5.32 Å². The van der Waals surface area contributed by atoms with Gasteiger partial charge in [-0.15, -0.1) is 0 Å². The van der Waals surface area contributed by atoms with E-state index in [4.69, 9.17) is 9.97 Å². The predicted octanol–water partition coefficient (Wildman–Crippen LogP) is 4.70. The van der Waals surface area contributed by atoms with Crippen molar-refractivity contribution in [3.8, 4) is 22.5 Å². The lowest BCUT2D eigenvalue weighted by Gasteiger charge is -2.19. The molecule has 1 atom stereocenters. The van der Waals surface area contributed by atoms with E-state index in [1.165, 1.54) is 0 Å². The van der Waals surface area contributed by atoms with Crippen LogP contribution in [0.2, 0.25) is 0 Å². The van der Waals surface area contributed by atoms with E-state index in [0.717, 1.165) is 33.9 Å². The first kappa shape index (κ1) is 15.3. The number of nitrogens with one attached hydrogen (secondary N) is 1. The molecule has 0 fully saturated rings. The van der Waals surface area contributed by atoms with Gasteiger partial charge in [0.05, 0.1) is 17.4 Å². The van der Waals surface area contributed by atoms with E-state index in [-0.39, 0.29) is 6.04 Å². The molecule has 1 aliphatic heterocycles. The van der Waals surface area contributed by atoms with E-state index >= 15 is 0 Å². The summed E-state index contributed by atoms with van der Waals surface area (Å²) in [5.41, 5.74) is 5.16. The summed E-state index contributed by atoms with van der Waals surface area (Å²) in [5.74, 6) is 0.768. The summed E-state index contributed by atoms with van der Waals surface area (Å²) < 4.78 is 0. The predicted molar refractivity (Wildman–Crippen MR) is 103 cm³/mol.